The van der Waals surface area contributed by atoms with Crippen LogP contribution in [-0.4, -0.2) is 25.2 Å². The lowest BCUT2D eigenvalue weighted by Gasteiger charge is -2.28. The van der Waals surface area contributed by atoms with Gasteiger partial charge in [-0.05, 0) is 49.8 Å². The van der Waals surface area contributed by atoms with Crippen molar-refractivity contribution in [2.45, 2.75) is 51.2 Å². The third-order valence-corrected chi connectivity index (χ3v) is 4.28. The first-order chi connectivity index (χ1) is 9.58. The van der Waals surface area contributed by atoms with Gasteiger partial charge in [0.25, 0.3) is 0 Å². The fraction of sp³-hybridized carbons (Fsp3) is 0.562. The molecule has 0 heterocycles. The predicted molar refractivity (Wildman–Crippen MR) is 81.1 cm³/mol. The summed E-state index contributed by atoms with van der Waals surface area (Å²) in [7, 11) is 1.75. The first kappa shape index (κ1) is 15.3. The molecule has 0 radical (unpaired) electrons. The molecular formula is C16H22ClNO2. The average Bonchev–Trinajstić information content (AvgIpc) is 2.43. The molecule has 0 atom stereocenters. The Kier molecular flexibility index (Phi) is 5.44. The molecule has 1 aromatic rings. The SMILES string of the molecule is COC1CCC(NC(=O)Cc2ccc(C)cc2Cl)CC1. The van der Waals surface area contributed by atoms with Crippen LogP contribution in [0.15, 0.2) is 18.2 Å². The Morgan fingerprint density at radius 3 is 2.65 bits per heavy atom. The van der Waals surface area contributed by atoms with Crippen molar-refractivity contribution in [1.29, 1.82) is 0 Å². The molecule has 0 spiro atoms. The highest BCUT2D eigenvalue weighted by molar-refractivity contribution is 6.31. The summed E-state index contributed by atoms with van der Waals surface area (Å²) < 4.78 is 5.34. The number of halogens is 1. The molecule has 1 aliphatic carbocycles. The highest BCUT2D eigenvalue weighted by Gasteiger charge is 2.22. The topological polar surface area (TPSA) is 38.3 Å². The molecule has 1 fully saturated rings. The van der Waals surface area contributed by atoms with E-state index in [9.17, 15) is 4.79 Å². The summed E-state index contributed by atoms with van der Waals surface area (Å²) in [5.41, 5.74) is 2.00. The Balaban J connectivity index is 1.84. The average molecular weight is 296 g/mol. The van der Waals surface area contributed by atoms with Crippen LogP contribution >= 0.6 is 11.6 Å². The first-order valence-corrected chi connectivity index (χ1v) is 7.53. The smallest absolute Gasteiger partial charge is 0.224 e. The molecule has 0 aliphatic heterocycles. The second kappa shape index (κ2) is 7.09. The van der Waals surface area contributed by atoms with Gasteiger partial charge in [0.15, 0.2) is 0 Å². The van der Waals surface area contributed by atoms with Crippen LogP contribution in [0.3, 0.4) is 0 Å². The fourth-order valence-electron chi connectivity index (χ4n) is 2.69. The minimum Gasteiger partial charge on any atom is -0.381 e. The molecule has 20 heavy (non-hydrogen) atoms. The minimum atomic E-state index is 0.0524. The van der Waals surface area contributed by atoms with Gasteiger partial charge in [-0.1, -0.05) is 23.7 Å². The Bertz CT molecular complexity index is 468. The van der Waals surface area contributed by atoms with Crippen molar-refractivity contribution in [1.82, 2.24) is 5.32 Å². The van der Waals surface area contributed by atoms with Gasteiger partial charge >= 0.3 is 0 Å². The standard InChI is InChI=1S/C16H22ClNO2/c1-11-3-4-12(15(17)9-11)10-16(19)18-13-5-7-14(20-2)8-6-13/h3-4,9,13-14H,5-8,10H2,1-2H3,(H,18,19). The van der Waals surface area contributed by atoms with Crippen LogP contribution in [0.4, 0.5) is 0 Å². The van der Waals surface area contributed by atoms with E-state index < -0.39 is 0 Å². The molecule has 2 rings (SSSR count). The highest BCUT2D eigenvalue weighted by atomic mass is 35.5. The molecule has 3 nitrogen and oxygen atoms in total. The second-order valence-corrected chi connectivity index (χ2v) is 5.96. The number of amides is 1. The monoisotopic (exact) mass is 295 g/mol. The zero-order chi connectivity index (χ0) is 14.5. The number of ether oxygens (including phenoxy) is 1. The number of hydrogen-bond donors (Lipinski definition) is 1. The Labute approximate surface area is 125 Å². The maximum absolute atomic E-state index is 12.1. The molecule has 0 saturated heterocycles. The molecule has 1 aromatic carbocycles. The number of carbonyl (C=O) groups excluding carboxylic acids is 1. The van der Waals surface area contributed by atoms with Gasteiger partial charge in [0.1, 0.15) is 0 Å². The van der Waals surface area contributed by atoms with E-state index in [0.717, 1.165) is 36.8 Å². The van der Waals surface area contributed by atoms with E-state index in [0.29, 0.717) is 17.5 Å². The normalized spacial score (nSPS) is 22.6. The molecule has 0 aromatic heterocycles. The lowest BCUT2D eigenvalue weighted by atomic mass is 9.93. The lowest BCUT2D eigenvalue weighted by Crippen LogP contribution is -2.39. The van der Waals surface area contributed by atoms with E-state index >= 15 is 0 Å². The number of aryl methyl sites for hydroxylation is 1. The number of hydrogen-bond acceptors (Lipinski definition) is 2. The summed E-state index contributed by atoms with van der Waals surface area (Å²) in [5.74, 6) is 0.0524. The van der Waals surface area contributed by atoms with Gasteiger partial charge in [0.2, 0.25) is 5.91 Å². The van der Waals surface area contributed by atoms with Crippen molar-refractivity contribution in [3.8, 4) is 0 Å². The summed E-state index contributed by atoms with van der Waals surface area (Å²) in [6, 6.07) is 6.09. The molecular weight excluding hydrogens is 274 g/mol. The van der Waals surface area contributed by atoms with Crippen LogP contribution < -0.4 is 5.32 Å². The Morgan fingerprint density at radius 2 is 2.05 bits per heavy atom. The van der Waals surface area contributed by atoms with Crippen LogP contribution in [0.25, 0.3) is 0 Å². The largest absolute Gasteiger partial charge is 0.381 e. The van der Waals surface area contributed by atoms with Crippen LogP contribution in [0.5, 0.6) is 0 Å². The molecule has 0 bridgehead atoms. The number of carbonyl (C=O) groups is 1. The van der Waals surface area contributed by atoms with E-state index in [1.807, 2.05) is 25.1 Å². The molecule has 4 heteroatoms. The number of rotatable bonds is 4. The van der Waals surface area contributed by atoms with Crippen molar-refractivity contribution >= 4 is 17.5 Å². The zero-order valence-electron chi connectivity index (χ0n) is 12.1. The third-order valence-electron chi connectivity index (χ3n) is 3.93. The van der Waals surface area contributed by atoms with Crippen molar-refractivity contribution in [3.05, 3.63) is 34.3 Å². The maximum atomic E-state index is 12.1. The molecule has 0 unspecified atom stereocenters. The molecule has 1 saturated carbocycles. The lowest BCUT2D eigenvalue weighted by molar-refractivity contribution is -0.121. The molecule has 1 aliphatic rings. The minimum absolute atomic E-state index is 0.0524. The van der Waals surface area contributed by atoms with Crippen LogP contribution in [0.1, 0.15) is 36.8 Å². The summed E-state index contributed by atoms with van der Waals surface area (Å²) in [4.78, 5) is 12.1. The van der Waals surface area contributed by atoms with Gasteiger partial charge < -0.3 is 10.1 Å². The number of nitrogens with one attached hydrogen (secondary N) is 1. The van der Waals surface area contributed by atoms with Gasteiger partial charge in [-0.15, -0.1) is 0 Å². The van der Waals surface area contributed by atoms with E-state index in [4.69, 9.17) is 16.3 Å². The highest BCUT2D eigenvalue weighted by Crippen LogP contribution is 2.21. The van der Waals surface area contributed by atoms with Gasteiger partial charge in [-0.3, -0.25) is 4.79 Å². The summed E-state index contributed by atoms with van der Waals surface area (Å²) in [6.45, 7) is 1.99. The van der Waals surface area contributed by atoms with Crippen molar-refractivity contribution in [2.24, 2.45) is 0 Å². The second-order valence-electron chi connectivity index (χ2n) is 5.55. The number of benzene rings is 1. The Morgan fingerprint density at radius 1 is 1.35 bits per heavy atom. The van der Waals surface area contributed by atoms with Gasteiger partial charge in [-0.2, -0.15) is 0 Å². The van der Waals surface area contributed by atoms with E-state index in [1.165, 1.54) is 0 Å². The predicted octanol–water partition coefficient (Wildman–Crippen LogP) is 3.26. The zero-order valence-corrected chi connectivity index (χ0v) is 12.9. The van der Waals surface area contributed by atoms with Crippen LogP contribution in [-0.2, 0) is 16.0 Å². The molecule has 1 amide bonds. The van der Waals surface area contributed by atoms with E-state index in [2.05, 4.69) is 5.32 Å². The van der Waals surface area contributed by atoms with Crippen molar-refractivity contribution in [2.75, 3.05) is 7.11 Å². The van der Waals surface area contributed by atoms with E-state index in [-0.39, 0.29) is 11.9 Å². The van der Waals surface area contributed by atoms with Crippen molar-refractivity contribution < 1.29 is 9.53 Å². The van der Waals surface area contributed by atoms with Gasteiger partial charge in [0, 0.05) is 18.2 Å². The van der Waals surface area contributed by atoms with Crippen LogP contribution in [0.2, 0.25) is 5.02 Å². The van der Waals surface area contributed by atoms with Gasteiger partial charge in [0.05, 0.1) is 12.5 Å². The molecule has 110 valence electrons. The van der Waals surface area contributed by atoms with Gasteiger partial charge in [-0.25, -0.2) is 0 Å². The fourth-order valence-corrected chi connectivity index (χ4v) is 2.99. The summed E-state index contributed by atoms with van der Waals surface area (Å²) in [5, 5.41) is 3.77. The maximum Gasteiger partial charge on any atom is 0.224 e. The first-order valence-electron chi connectivity index (χ1n) is 7.15. The third kappa shape index (κ3) is 4.22. The summed E-state index contributed by atoms with van der Waals surface area (Å²) >= 11 is 6.16. The van der Waals surface area contributed by atoms with Crippen molar-refractivity contribution in [3.63, 3.8) is 0 Å². The summed E-state index contributed by atoms with van der Waals surface area (Å²) in [6.07, 6.45) is 4.73. The number of methoxy groups -OCH3 is 1. The quantitative estimate of drug-likeness (QED) is 0.926. The molecule has 1 N–H and O–H groups in total. The van der Waals surface area contributed by atoms with E-state index in [1.54, 1.807) is 7.11 Å². The Hall–Kier alpha value is -1.06. The van der Waals surface area contributed by atoms with Crippen LogP contribution in [0, 0.1) is 6.92 Å².